The normalized spacial score (nSPS) is 28.3. The fraction of sp³-hybridized carbons (Fsp3) is 0.571. The molecule has 2 rings (SSSR count). The van der Waals surface area contributed by atoms with Gasteiger partial charge in [0.15, 0.2) is 0 Å². The molecule has 3 nitrogen and oxygen atoms in total. The summed E-state index contributed by atoms with van der Waals surface area (Å²) >= 11 is 5.91. The van der Waals surface area contributed by atoms with Gasteiger partial charge in [-0.1, -0.05) is 37.6 Å². The molecule has 0 saturated carbocycles. The summed E-state index contributed by atoms with van der Waals surface area (Å²) in [5.74, 6) is 0. The Morgan fingerprint density at radius 3 is 2.39 bits per heavy atom. The number of rotatable bonds is 2. The molecule has 4 heteroatoms. The van der Waals surface area contributed by atoms with Gasteiger partial charge < -0.3 is 5.11 Å². The van der Waals surface area contributed by atoms with Crippen molar-refractivity contribution < 1.29 is 5.11 Å². The lowest BCUT2D eigenvalue weighted by Crippen LogP contribution is -2.58. The topological polar surface area (TPSA) is 35.5 Å². The van der Waals surface area contributed by atoms with Crippen molar-refractivity contribution in [1.82, 2.24) is 10.4 Å². The van der Waals surface area contributed by atoms with Crippen molar-refractivity contribution in [2.24, 2.45) is 5.41 Å². The lowest BCUT2D eigenvalue weighted by Gasteiger charge is -2.50. The van der Waals surface area contributed by atoms with Gasteiger partial charge in [0.2, 0.25) is 0 Å². The van der Waals surface area contributed by atoms with Crippen molar-refractivity contribution in [1.29, 1.82) is 0 Å². The average molecular weight is 269 g/mol. The van der Waals surface area contributed by atoms with E-state index in [1.807, 2.05) is 31.3 Å². The Hall–Kier alpha value is -0.610. The van der Waals surface area contributed by atoms with Crippen molar-refractivity contribution >= 4 is 11.6 Å². The molecule has 1 atom stereocenters. The Morgan fingerprint density at radius 1 is 1.28 bits per heavy atom. The summed E-state index contributed by atoms with van der Waals surface area (Å²) in [4.78, 5) is 0. The average Bonchev–Trinajstić information content (AvgIpc) is 2.33. The van der Waals surface area contributed by atoms with Crippen molar-refractivity contribution in [2.75, 3.05) is 20.1 Å². The molecule has 100 valence electrons. The van der Waals surface area contributed by atoms with E-state index in [-0.39, 0.29) is 5.41 Å². The summed E-state index contributed by atoms with van der Waals surface area (Å²) in [6.45, 7) is 5.85. The lowest BCUT2D eigenvalue weighted by atomic mass is 9.67. The van der Waals surface area contributed by atoms with Crippen LogP contribution >= 0.6 is 11.6 Å². The van der Waals surface area contributed by atoms with Gasteiger partial charge >= 0.3 is 0 Å². The van der Waals surface area contributed by atoms with Crippen LogP contribution in [0.3, 0.4) is 0 Å². The van der Waals surface area contributed by atoms with E-state index in [1.54, 1.807) is 0 Å². The van der Waals surface area contributed by atoms with Crippen LogP contribution in [0, 0.1) is 5.41 Å². The molecular formula is C14H21ClN2O. The van der Waals surface area contributed by atoms with Gasteiger partial charge in [0.25, 0.3) is 0 Å². The molecule has 0 aliphatic carbocycles. The summed E-state index contributed by atoms with van der Waals surface area (Å²) in [5, 5.41) is 13.9. The van der Waals surface area contributed by atoms with E-state index in [2.05, 4.69) is 24.3 Å². The van der Waals surface area contributed by atoms with Gasteiger partial charge in [0, 0.05) is 23.5 Å². The fourth-order valence-electron chi connectivity index (χ4n) is 2.77. The Balaban J connectivity index is 2.32. The van der Waals surface area contributed by atoms with Crippen molar-refractivity contribution in [2.45, 2.75) is 25.9 Å². The molecule has 0 bridgehead atoms. The molecule has 1 saturated heterocycles. The van der Waals surface area contributed by atoms with E-state index < -0.39 is 5.60 Å². The number of hydrogen-bond acceptors (Lipinski definition) is 3. The van der Waals surface area contributed by atoms with Gasteiger partial charge in [-0.3, -0.25) is 5.43 Å². The predicted molar refractivity (Wildman–Crippen MR) is 74.4 cm³/mol. The second-order valence-corrected chi connectivity index (χ2v) is 6.08. The molecule has 0 aromatic heterocycles. The van der Waals surface area contributed by atoms with Crippen LogP contribution in [0.1, 0.15) is 25.8 Å². The first-order chi connectivity index (χ1) is 8.39. The van der Waals surface area contributed by atoms with Gasteiger partial charge in [-0.25, -0.2) is 5.01 Å². The Morgan fingerprint density at radius 2 is 1.89 bits per heavy atom. The smallest absolute Gasteiger partial charge is 0.0972 e. The second kappa shape index (κ2) is 4.82. The third-order valence-corrected chi connectivity index (χ3v) is 4.34. The molecule has 1 aromatic carbocycles. The zero-order valence-electron chi connectivity index (χ0n) is 11.2. The highest BCUT2D eigenvalue weighted by molar-refractivity contribution is 6.30. The Bertz CT molecular complexity index is 418. The fourth-order valence-corrected chi connectivity index (χ4v) is 2.90. The minimum Gasteiger partial charge on any atom is -0.385 e. The van der Waals surface area contributed by atoms with E-state index in [4.69, 9.17) is 11.6 Å². The molecule has 0 radical (unpaired) electrons. The van der Waals surface area contributed by atoms with E-state index in [0.717, 1.165) is 18.7 Å². The molecule has 0 spiro atoms. The first kappa shape index (κ1) is 13.8. The molecule has 1 aliphatic rings. The second-order valence-electron chi connectivity index (χ2n) is 5.65. The molecule has 1 fully saturated rings. The summed E-state index contributed by atoms with van der Waals surface area (Å²) in [7, 11) is 1.92. The Labute approximate surface area is 114 Å². The number of piperidine rings is 1. The maximum absolute atomic E-state index is 11.1. The molecule has 18 heavy (non-hydrogen) atoms. The number of hydrogen-bond donors (Lipinski definition) is 2. The minimum atomic E-state index is -0.801. The third-order valence-electron chi connectivity index (χ3n) is 4.09. The zero-order chi connectivity index (χ0) is 13.4. The van der Waals surface area contributed by atoms with Gasteiger partial charge in [-0.2, -0.15) is 0 Å². The van der Waals surface area contributed by atoms with Crippen LogP contribution in [0.4, 0.5) is 0 Å². The summed E-state index contributed by atoms with van der Waals surface area (Å²) < 4.78 is 0. The maximum atomic E-state index is 11.1. The molecule has 1 aromatic rings. The van der Waals surface area contributed by atoms with E-state index >= 15 is 0 Å². The minimum absolute atomic E-state index is 0.220. The van der Waals surface area contributed by atoms with Crippen LogP contribution in [-0.4, -0.2) is 30.3 Å². The van der Waals surface area contributed by atoms with Gasteiger partial charge in [0.1, 0.15) is 0 Å². The summed E-state index contributed by atoms with van der Waals surface area (Å²) in [5.41, 5.74) is 3.09. The molecule has 1 unspecified atom stereocenters. The number of nitrogens with one attached hydrogen (secondary N) is 1. The first-order valence-corrected chi connectivity index (χ1v) is 6.68. The molecule has 1 heterocycles. The van der Waals surface area contributed by atoms with E-state index in [0.29, 0.717) is 11.4 Å². The van der Waals surface area contributed by atoms with Crippen molar-refractivity contribution in [3.8, 4) is 0 Å². The summed E-state index contributed by atoms with van der Waals surface area (Å²) in [6.07, 6.45) is 0.711. The van der Waals surface area contributed by atoms with E-state index in [9.17, 15) is 5.11 Å². The highest BCUT2D eigenvalue weighted by atomic mass is 35.5. The monoisotopic (exact) mass is 268 g/mol. The van der Waals surface area contributed by atoms with Crippen LogP contribution < -0.4 is 5.43 Å². The van der Waals surface area contributed by atoms with Gasteiger partial charge in [-0.15, -0.1) is 0 Å². The third kappa shape index (κ3) is 2.28. The lowest BCUT2D eigenvalue weighted by molar-refractivity contribution is -0.133. The van der Waals surface area contributed by atoms with Gasteiger partial charge in [-0.05, 0) is 31.2 Å². The van der Waals surface area contributed by atoms with Crippen molar-refractivity contribution in [3.05, 3.63) is 34.9 Å². The van der Waals surface area contributed by atoms with Crippen LogP contribution in [0.25, 0.3) is 0 Å². The van der Waals surface area contributed by atoms with Crippen LogP contribution in [-0.2, 0) is 5.60 Å². The molecular weight excluding hydrogens is 248 g/mol. The number of hydrazine groups is 1. The largest absolute Gasteiger partial charge is 0.385 e. The maximum Gasteiger partial charge on any atom is 0.0972 e. The highest BCUT2D eigenvalue weighted by Crippen LogP contribution is 2.45. The van der Waals surface area contributed by atoms with Crippen LogP contribution in [0.2, 0.25) is 5.02 Å². The number of aliphatic hydroxyl groups is 1. The first-order valence-electron chi connectivity index (χ1n) is 6.30. The van der Waals surface area contributed by atoms with Crippen LogP contribution in [0.5, 0.6) is 0 Å². The number of nitrogens with zero attached hydrogens (tertiary/aromatic N) is 1. The van der Waals surface area contributed by atoms with Crippen LogP contribution in [0.15, 0.2) is 24.3 Å². The zero-order valence-corrected chi connectivity index (χ0v) is 12.0. The highest BCUT2D eigenvalue weighted by Gasteiger charge is 2.48. The molecule has 1 aliphatic heterocycles. The summed E-state index contributed by atoms with van der Waals surface area (Å²) in [6, 6.07) is 7.54. The number of benzene rings is 1. The Kier molecular flexibility index (Phi) is 3.70. The SMILES string of the molecule is CNN1CCC(O)(c2ccc(Cl)cc2)C(C)(C)C1. The standard InChI is InChI=1S/C14H21ClN2O/c1-13(2)10-17(16-3)9-8-14(13,18)11-4-6-12(15)7-5-11/h4-7,16,18H,8-10H2,1-3H3. The predicted octanol–water partition coefficient (Wildman–Crippen LogP) is 2.39. The molecule has 0 amide bonds. The van der Waals surface area contributed by atoms with Crippen molar-refractivity contribution in [3.63, 3.8) is 0 Å². The quantitative estimate of drug-likeness (QED) is 0.865. The van der Waals surface area contributed by atoms with Gasteiger partial charge in [0.05, 0.1) is 5.60 Å². The van der Waals surface area contributed by atoms with E-state index in [1.165, 1.54) is 0 Å². The molecule has 2 N–H and O–H groups in total. The number of halogens is 1.